The summed E-state index contributed by atoms with van der Waals surface area (Å²) in [5.74, 6) is 1.94. The second kappa shape index (κ2) is 6.39. The molecule has 114 valence electrons. The van der Waals surface area contributed by atoms with E-state index < -0.39 is 0 Å². The summed E-state index contributed by atoms with van der Waals surface area (Å²) in [4.78, 5) is 12.2. The summed E-state index contributed by atoms with van der Waals surface area (Å²) < 4.78 is 16.2. The second-order valence-corrected chi connectivity index (χ2v) is 4.90. The van der Waals surface area contributed by atoms with Crippen LogP contribution in [-0.4, -0.2) is 26.2 Å². The zero-order chi connectivity index (χ0) is 15.4. The minimum absolute atomic E-state index is 0.110. The van der Waals surface area contributed by atoms with E-state index in [2.05, 4.69) is 5.32 Å². The molecule has 1 amide bonds. The lowest BCUT2D eigenvalue weighted by Gasteiger charge is -2.18. The van der Waals surface area contributed by atoms with E-state index in [0.717, 1.165) is 11.3 Å². The Balaban J connectivity index is 1.69. The Hall–Kier alpha value is -2.69. The summed E-state index contributed by atoms with van der Waals surface area (Å²) in [7, 11) is 1.58. The molecule has 0 saturated carbocycles. The van der Waals surface area contributed by atoms with Gasteiger partial charge in [-0.15, -0.1) is 0 Å². The first-order valence-electron chi connectivity index (χ1n) is 7.07. The summed E-state index contributed by atoms with van der Waals surface area (Å²) in [5.41, 5.74) is 1.53. The number of carbonyl (C=O) groups is 1. The summed E-state index contributed by atoms with van der Waals surface area (Å²) in [6, 6.07) is 12.9. The van der Waals surface area contributed by atoms with Gasteiger partial charge in [-0.25, -0.2) is 0 Å². The molecule has 1 N–H and O–H groups in total. The fraction of sp³-hybridized carbons (Fsp3) is 0.235. The maximum absolute atomic E-state index is 12.2. The van der Waals surface area contributed by atoms with Gasteiger partial charge in [0, 0.05) is 0 Å². The predicted octanol–water partition coefficient (Wildman–Crippen LogP) is 2.65. The van der Waals surface area contributed by atoms with Crippen molar-refractivity contribution in [2.45, 2.75) is 6.42 Å². The molecule has 0 aromatic heterocycles. The van der Waals surface area contributed by atoms with Crippen LogP contribution in [0, 0.1) is 0 Å². The van der Waals surface area contributed by atoms with Gasteiger partial charge in [-0.3, -0.25) is 4.79 Å². The molecule has 0 bridgehead atoms. The van der Waals surface area contributed by atoms with E-state index >= 15 is 0 Å². The van der Waals surface area contributed by atoms with Crippen molar-refractivity contribution in [2.24, 2.45) is 0 Å². The van der Waals surface area contributed by atoms with Crippen LogP contribution >= 0.6 is 0 Å². The zero-order valence-electron chi connectivity index (χ0n) is 12.3. The van der Waals surface area contributed by atoms with E-state index in [4.69, 9.17) is 14.2 Å². The average molecular weight is 299 g/mol. The lowest BCUT2D eigenvalue weighted by Crippen LogP contribution is -2.17. The number of ether oxygens (including phenoxy) is 3. The molecule has 5 nitrogen and oxygen atoms in total. The predicted molar refractivity (Wildman–Crippen MR) is 82.8 cm³/mol. The SMILES string of the molecule is COc1ccccc1NC(=O)Cc1ccc2c(c1)OCCO2. The Bertz CT molecular complexity index is 684. The number of hydrogen-bond donors (Lipinski definition) is 1. The number of methoxy groups -OCH3 is 1. The molecule has 0 unspecified atom stereocenters. The number of benzene rings is 2. The van der Waals surface area contributed by atoms with Crippen LogP contribution in [0.2, 0.25) is 0 Å². The third-order valence-electron chi connectivity index (χ3n) is 3.35. The number of anilines is 1. The number of para-hydroxylation sites is 2. The molecule has 1 aliphatic heterocycles. The van der Waals surface area contributed by atoms with E-state index in [9.17, 15) is 4.79 Å². The van der Waals surface area contributed by atoms with E-state index in [0.29, 0.717) is 30.4 Å². The molecule has 1 aliphatic rings. The third-order valence-corrected chi connectivity index (χ3v) is 3.35. The molecule has 0 fully saturated rings. The van der Waals surface area contributed by atoms with E-state index in [1.54, 1.807) is 19.2 Å². The van der Waals surface area contributed by atoms with Crippen LogP contribution in [0.4, 0.5) is 5.69 Å². The molecule has 0 saturated heterocycles. The van der Waals surface area contributed by atoms with Crippen molar-refractivity contribution in [3.05, 3.63) is 48.0 Å². The van der Waals surface area contributed by atoms with Crippen molar-refractivity contribution in [3.63, 3.8) is 0 Å². The fourth-order valence-corrected chi connectivity index (χ4v) is 2.33. The van der Waals surface area contributed by atoms with Gasteiger partial charge in [0.05, 0.1) is 19.2 Å². The first-order chi connectivity index (χ1) is 10.8. The van der Waals surface area contributed by atoms with E-state index in [1.165, 1.54) is 0 Å². The highest BCUT2D eigenvalue weighted by atomic mass is 16.6. The maximum atomic E-state index is 12.2. The molecule has 0 atom stereocenters. The first kappa shape index (κ1) is 14.3. The summed E-state index contributed by atoms with van der Waals surface area (Å²) in [6.07, 6.45) is 0.259. The lowest BCUT2D eigenvalue weighted by molar-refractivity contribution is -0.115. The Morgan fingerprint density at radius 1 is 1.14 bits per heavy atom. The van der Waals surface area contributed by atoms with Gasteiger partial charge in [0.25, 0.3) is 0 Å². The van der Waals surface area contributed by atoms with Crippen molar-refractivity contribution >= 4 is 11.6 Å². The molecular weight excluding hydrogens is 282 g/mol. The zero-order valence-corrected chi connectivity index (χ0v) is 12.3. The second-order valence-electron chi connectivity index (χ2n) is 4.90. The third kappa shape index (κ3) is 3.14. The van der Waals surface area contributed by atoms with Crippen LogP contribution in [0.1, 0.15) is 5.56 Å². The number of nitrogens with one attached hydrogen (secondary N) is 1. The highest BCUT2D eigenvalue weighted by Crippen LogP contribution is 2.31. The Kier molecular flexibility index (Phi) is 4.14. The number of hydrogen-bond acceptors (Lipinski definition) is 4. The Labute approximate surface area is 128 Å². The van der Waals surface area contributed by atoms with Gasteiger partial charge in [0.15, 0.2) is 11.5 Å². The number of rotatable bonds is 4. The average Bonchev–Trinajstić information content (AvgIpc) is 2.55. The molecule has 0 aliphatic carbocycles. The van der Waals surface area contributed by atoms with Crippen molar-refractivity contribution < 1.29 is 19.0 Å². The fourth-order valence-electron chi connectivity index (χ4n) is 2.33. The van der Waals surface area contributed by atoms with Gasteiger partial charge in [0.1, 0.15) is 19.0 Å². The highest BCUT2D eigenvalue weighted by Gasteiger charge is 2.13. The van der Waals surface area contributed by atoms with Crippen LogP contribution in [0.15, 0.2) is 42.5 Å². The molecule has 3 rings (SSSR count). The molecule has 1 heterocycles. The van der Waals surface area contributed by atoms with Crippen LogP contribution in [0.25, 0.3) is 0 Å². The molecule has 0 spiro atoms. The Morgan fingerprint density at radius 3 is 2.73 bits per heavy atom. The summed E-state index contributed by atoms with van der Waals surface area (Å²) in [6.45, 7) is 1.09. The van der Waals surface area contributed by atoms with Crippen molar-refractivity contribution in [3.8, 4) is 17.2 Å². The summed E-state index contributed by atoms with van der Waals surface area (Å²) in [5, 5.41) is 2.85. The van der Waals surface area contributed by atoms with Gasteiger partial charge in [-0.2, -0.15) is 0 Å². The van der Waals surface area contributed by atoms with Gasteiger partial charge in [0.2, 0.25) is 5.91 Å². The van der Waals surface area contributed by atoms with Gasteiger partial charge in [-0.05, 0) is 29.8 Å². The van der Waals surface area contributed by atoms with Gasteiger partial charge < -0.3 is 19.5 Å². The van der Waals surface area contributed by atoms with Crippen LogP contribution in [-0.2, 0) is 11.2 Å². The molecule has 2 aromatic carbocycles. The molecular formula is C17H17NO4. The highest BCUT2D eigenvalue weighted by molar-refractivity contribution is 5.93. The topological polar surface area (TPSA) is 56.8 Å². The van der Waals surface area contributed by atoms with Crippen molar-refractivity contribution in [1.82, 2.24) is 0 Å². The molecule has 5 heteroatoms. The van der Waals surface area contributed by atoms with Crippen molar-refractivity contribution in [1.29, 1.82) is 0 Å². The van der Waals surface area contributed by atoms with E-state index in [1.807, 2.05) is 30.3 Å². The van der Waals surface area contributed by atoms with Gasteiger partial charge >= 0.3 is 0 Å². The monoisotopic (exact) mass is 299 g/mol. The quantitative estimate of drug-likeness (QED) is 0.943. The van der Waals surface area contributed by atoms with Crippen LogP contribution < -0.4 is 19.5 Å². The number of amides is 1. The van der Waals surface area contributed by atoms with Crippen LogP contribution in [0.5, 0.6) is 17.2 Å². The lowest BCUT2D eigenvalue weighted by atomic mass is 10.1. The maximum Gasteiger partial charge on any atom is 0.228 e. The Morgan fingerprint density at radius 2 is 1.91 bits per heavy atom. The number of carbonyl (C=O) groups excluding carboxylic acids is 1. The number of fused-ring (bicyclic) bond motifs is 1. The minimum atomic E-state index is -0.110. The minimum Gasteiger partial charge on any atom is -0.495 e. The molecule has 0 radical (unpaired) electrons. The largest absolute Gasteiger partial charge is 0.495 e. The summed E-state index contributed by atoms with van der Waals surface area (Å²) >= 11 is 0. The van der Waals surface area contributed by atoms with E-state index in [-0.39, 0.29) is 12.3 Å². The standard InChI is InChI=1S/C17H17NO4/c1-20-14-5-3-2-4-13(14)18-17(19)11-12-6-7-15-16(10-12)22-9-8-21-15/h2-7,10H,8-9,11H2,1H3,(H,18,19). The molecule has 22 heavy (non-hydrogen) atoms. The van der Waals surface area contributed by atoms with Crippen molar-refractivity contribution in [2.75, 3.05) is 25.6 Å². The smallest absolute Gasteiger partial charge is 0.228 e. The molecule has 2 aromatic rings. The van der Waals surface area contributed by atoms with Crippen LogP contribution in [0.3, 0.4) is 0 Å². The first-order valence-corrected chi connectivity index (χ1v) is 7.07. The van der Waals surface area contributed by atoms with Gasteiger partial charge in [-0.1, -0.05) is 18.2 Å². The normalized spacial score (nSPS) is 12.6.